The highest BCUT2D eigenvalue weighted by molar-refractivity contribution is 5.34. The van der Waals surface area contributed by atoms with Gasteiger partial charge in [0.05, 0.1) is 5.69 Å². The molecule has 6 heteroatoms. The summed E-state index contributed by atoms with van der Waals surface area (Å²) in [4.78, 5) is 11.4. The largest absolute Gasteiger partial charge is 0.432 e. The molecule has 90 valence electrons. The van der Waals surface area contributed by atoms with E-state index in [9.17, 15) is 18.0 Å². The zero-order valence-corrected chi connectivity index (χ0v) is 8.88. The van der Waals surface area contributed by atoms with Crippen LogP contribution in [0.1, 0.15) is 11.3 Å². The third kappa shape index (κ3) is 2.25. The third-order valence-corrected chi connectivity index (χ3v) is 2.29. The molecule has 1 aromatic heterocycles. The molecule has 0 bridgehead atoms. The molecule has 0 amide bonds. The van der Waals surface area contributed by atoms with Gasteiger partial charge >= 0.3 is 6.18 Å². The Bertz CT molecular complexity index is 595. The highest BCUT2D eigenvalue weighted by Crippen LogP contribution is 2.26. The molecule has 0 saturated carbocycles. The summed E-state index contributed by atoms with van der Waals surface area (Å²) >= 11 is 0. The number of rotatable bonds is 1. The summed E-state index contributed by atoms with van der Waals surface area (Å²) in [6.07, 6.45) is -4.55. The minimum atomic E-state index is -4.55. The van der Waals surface area contributed by atoms with Gasteiger partial charge in [0.25, 0.3) is 5.56 Å². The summed E-state index contributed by atoms with van der Waals surface area (Å²) in [6.45, 7) is 1.79. The van der Waals surface area contributed by atoms with Crippen molar-refractivity contribution in [2.45, 2.75) is 13.1 Å². The molecule has 0 radical (unpaired) electrons. The number of hydrogen-bond acceptors (Lipinski definition) is 1. The number of aryl methyl sites for hydroxylation is 1. The van der Waals surface area contributed by atoms with Crippen LogP contribution in [0.3, 0.4) is 0 Å². The van der Waals surface area contributed by atoms with Gasteiger partial charge in [-0.15, -0.1) is 0 Å². The first-order chi connectivity index (χ1) is 7.88. The van der Waals surface area contributed by atoms with E-state index in [0.29, 0.717) is 11.8 Å². The second-order valence-electron chi connectivity index (χ2n) is 3.68. The van der Waals surface area contributed by atoms with Gasteiger partial charge < -0.3 is 0 Å². The maximum absolute atomic E-state index is 12.4. The SMILES string of the molecule is Cc1cccc(-n2[nH]c(C(F)(F)F)cc2=O)c1. The topological polar surface area (TPSA) is 37.8 Å². The van der Waals surface area contributed by atoms with Gasteiger partial charge in [-0.2, -0.15) is 13.2 Å². The van der Waals surface area contributed by atoms with Crippen LogP contribution in [-0.2, 0) is 6.18 Å². The molecule has 0 atom stereocenters. The van der Waals surface area contributed by atoms with Crippen LogP contribution < -0.4 is 5.56 Å². The molecule has 0 aliphatic carbocycles. The van der Waals surface area contributed by atoms with Crippen LogP contribution in [-0.4, -0.2) is 9.78 Å². The van der Waals surface area contributed by atoms with Crippen molar-refractivity contribution in [2.24, 2.45) is 0 Å². The van der Waals surface area contributed by atoms with Crippen LogP contribution in [0.4, 0.5) is 13.2 Å². The lowest BCUT2D eigenvalue weighted by molar-refractivity contribution is -0.141. The molecule has 2 rings (SSSR count). The molecular weight excluding hydrogens is 233 g/mol. The summed E-state index contributed by atoms with van der Waals surface area (Å²) in [5.41, 5.74) is -0.546. The van der Waals surface area contributed by atoms with Crippen LogP contribution in [0.2, 0.25) is 0 Å². The number of alkyl halides is 3. The quantitative estimate of drug-likeness (QED) is 0.819. The Morgan fingerprint density at radius 1 is 1.24 bits per heavy atom. The van der Waals surface area contributed by atoms with Gasteiger partial charge in [0, 0.05) is 6.07 Å². The normalized spacial score (nSPS) is 11.8. The molecule has 1 N–H and O–H groups in total. The molecule has 17 heavy (non-hydrogen) atoms. The number of aromatic amines is 1. The van der Waals surface area contributed by atoms with E-state index in [1.807, 2.05) is 5.10 Å². The van der Waals surface area contributed by atoms with Gasteiger partial charge in [-0.3, -0.25) is 9.89 Å². The first-order valence-electron chi connectivity index (χ1n) is 4.84. The number of nitrogens with one attached hydrogen (secondary N) is 1. The molecule has 3 nitrogen and oxygen atoms in total. The number of H-pyrrole nitrogens is 1. The van der Waals surface area contributed by atoms with Gasteiger partial charge in [0.1, 0.15) is 5.69 Å². The highest BCUT2D eigenvalue weighted by atomic mass is 19.4. The van der Waals surface area contributed by atoms with Crippen molar-refractivity contribution in [1.29, 1.82) is 0 Å². The van der Waals surface area contributed by atoms with E-state index in [0.717, 1.165) is 10.2 Å². The van der Waals surface area contributed by atoms with E-state index >= 15 is 0 Å². The maximum atomic E-state index is 12.4. The predicted molar refractivity (Wildman–Crippen MR) is 56.1 cm³/mol. The Balaban J connectivity index is 2.54. The lowest BCUT2D eigenvalue weighted by atomic mass is 10.2. The molecule has 0 spiro atoms. The average molecular weight is 242 g/mol. The van der Waals surface area contributed by atoms with Crippen molar-refractivity contribution in [2.75, 3.05) is 0 Å². The van der Waals surface area contributed by atoms with Crippen molar-refractivity contribution < 1.29 is 13.2 Å². The zero-order valence-electron chi connectivity index (χ0n) is 8.88. The Labute approximate surface area is 94.5 Å². The Morgan fingerprint density at radius 2 is 1.94 bits per heavy atom. The van der Waals surface area contributed by atoms with E-state index in [2.05, 4.69) is 0 Å². The van der Waals surface area contributed by atoms with Gasteiger partial charge in [0.15, 0.2) is 0 Å². The fourth-order valence-corrected chi connectivity index (χ4v) is 1.50. The van der Waals surface area contributed by atoms with Crippen molar-refractivity contribution in [3.8, 4) is 5.69 Å². The number of aromatic nitrogens is 2. The van der Waals surface area contributed by atoms with Crippen LogP contribution in [0.15, 0.2) is 35.1 Å². The van der Waals surface area contributed by atoms with Crippen LogP contribution in [0, 0.1) is 6.92 Å². The smallest absolute Gasteiger partial charge is 0.286 e. The Morgan fingerprint density at radius 3 is 2.47 bits per heavy atom. The number of hydrogen-bond donors (Lipinski definition) is 1. The second kappa shape index (κ2) is 3.80. The molecular formula is C11H9F3N2O. The fraction of sp³-hybridized carbons (Fsp3) is 0.182. The van der Waals surface area contributed by atoms with E-state index < -0.39 is 17.4 Å². The fourth-order valence-electron chi connectivity index (χ4n) is 1.50. The van der Waals surface area contributed by atoms with E-state index in [1.165, 1.54) is 0 Å². The van der Waals surface area contributed by atoms with Crippen molar-refractivity contribution in [3.63, 3.8) is 0 Å². The van der Waals surface area contributed by atoms with E-state index in [4.69, 9.17) is 0 Å². The monoisotopic (exact) mass is 242 g/mol. The summed E-state index contributed by atoms with van der Waals surface area (Å²) in [7, 11) is 0. The minimum Gasteiger partial charge on any atom is -0.286 e. The third-order valence-electron chi connectivity index (χ3n) is 2.29. The second-order valence-corrected chi connectivity index (χ2v) is 3.68. The summed E-state index contributed by atoms with van der Waals surface area (Å²) in [6, 6.07) is 7.19. The molecule has 0 fully saturated rings. The molecule has 1 aromatic carbocycles. The van der Waals surface area contributed by atoms with Crippen LogP contribution in [0.25, 0.3) is 5.69 Å². The minimum absolute atomic E-state index is 0.380. The molecule has 1 heterocycles. The predicted octanol–water partition coefficient (Wildman–Crippen LogP) is 2.49. The molecule has 0 saturated heterocycles. The standard InChI is InChI=1S/C11H9F3N2O/c1-7-3-2-4-8(5-7)16-10(17)6-9(15-16)11(12,13)14/h2-6,15H,1H3. The number of halogens is 3. The molecule has 0 aliphatic heterocycles. The van der Waals surface area contributed by atoms with Gasteiger partial charge in [-0.1, -0.05) is 12.1 Å². The van der Waals surface area contributed by atoms with Crippen LogP contribution in [0.5, 0.6) is 0 Å². The maximum Gasteiger partial charge on any atom is 0.432 e. The molecule has 0 aliphatic rings. The van der Waals surface area contributed by atoms with Crippen LogP contribution >= 0.6 is 0 Å². The van der Waals surface area contributed by atoms with E-state index in [-0.39, 0.29) is 0 Å². The lowest BCUT2D eigenvalue weighted by Gasteiger charge is -2.04. The summed E-state index contributed by atoms with van der Waals surface area (Å²) < 4.78 is 38.0. The first-order valence-corrected chi connectivity index (χ1v) is 4.84. The van der Waals surface area contributed by atoms with Gasteiger partial charge in [-0.05, 0) is 24.6 Å². The van der Waals surface area contributed by atoms with Crippen molar-refractivity contribution in [1.82, 2.24) is 9.78 Å². The van der Waals surface area contributed by atoms with E-state index in [1.54, 1.807) is 31.2 Å². The average Bonchev–Trinajstić information content (AvgIpc) is 2.60. The summed E-state index contributed by atoms with van der Waals surface area (Å²) in [5.74, 6) is 0. The summed E-state index contributed by atoms with van der Waals surface area (Å²) in [5, 5.41) is 2.04. The van der Waals surface area contributed by atoms with Crippen molar-refractivity contribution in [3.05, 3.63) is 51.9 Å². The van der Waals surface area contributed by atoms with Gasteiger partial charge in [-0.25, -0.2) is 4.68 Å². The Kier molecular flexibility index (Phi) is 2.57. The van der Waals surface area contributed by atoms with Crippen molar-refractivity contribution >= 4 is 0 Å². The molecule has 0 unspecified atom stereocenters. The number of benzene rings is 1. The molecule has 2 aromatic rings. The zero-order chi connectivity index (χ0) is 12.6. The number of nitrogens with zero attached hydrogens (tertiary/aromatic N) is 1. The highest BCUT2D eigenvalue weighted by Gasteiger charge is 2.33. The first kappa shape index (κ1) is 11.5. The van der Waals surface area contributed by atoms with Gasteiger partial charge in [0.2, 0.25) is 0 Å². The Hall–Kier alpha value is -1.98. The lowest BCUT2D eigenvalue weighted by Crippen LogP contribution is -2.13.